The van der Waals surface area contributed by atoms with Gasteiger partial charge in [0.15, 0.2) is 0 Å². The molecule has 1 saturated heterocycles. The Morgan fingerprint density at radius 1 is 1.58 bits per heavy atom. The molecule has 1 fully saturated rings. The quantitative estimate of drug-likeness (QED) is 0.867. The molecule has 0 bridgehead atoms. The second kappa shape index (κ2) is 6.02. The van der Waals surface area contributed by atoms with Gasteiger partial charge in [-0.05, 0) is 31.9 Å². The monoisotopic (exact) mass is 262 g/mol. The summed E-state index contributed by atoms with van der Waals surface area (Å²) < 4.78 is 0. The van der Waals surface area contributed by atoms with Gasteiger partial charge in [0.1, 0.15) is 0 Å². The van der Waals surface area contributed by atoms with E-state index in [-0.39, 0.29) is 5.91 Å². The van der Waals surface area contributed by atoms with Crippen molar-refractivity contribution in [1.29, 1.82) is 0 Å². The summed E-state index contributed by atoms with van der Waals surface area (Å²) in [5.74, 6) is 0.728. The summed E-state index contributed by atoms with van der Waals surface area (Å²) >= 11 is 0. The highest BCUT2D eigenvalue weighted by Crippen LogP contribution is 2.18. The number of aromatic nitrogens is 1. The Labute approximate surface area is 114 Å². The number of nitrogens with zero attached hydrogens (tertiary/aromatic N) is 2. The Morgan fingerprint density at radius 3 is 3.00 bits per heavy atom. The lowest BCUT2D eigenvalue weighted by Gasteiger charge is -2.15. The van der Waals surface area contributed by atoms with Gasteiger partial charge in [0.25, 0.3) is 0 Å². The summed E-state index contributed by atoms with van der Waals surface area (Å²) in [6.07, 6.45) is 2.88. The number of likely N-dealkylation sites (tertiary alicyclic amines) is 1. The van der Waals surface area contributed by atoms with E-state index < -0.39 is 0 Å². The van der Waals surface area contributed by atoms with Gasteiger partial charge >= 0.3 is 0 Å². The van der Waals surface area contributed by atoms with Crippen LogP contribution in [0, 0.1) is 12.8 Å². The van der Waals surface area contributed by atoms with E-state index in [1.165, 1.54) is 6.42 Å². The number of rotatable bonds is 4. The van der Waals surface area contributed by atoms with Gasteiger partial charge in [0.05, 0.1) is 29.8 Å². The van der Waals surface area contributed by atoms with E-state index in [1.54, 1.807) is 6.20 Å². The van der Waals surface area contributed by atoms with Crippen molar-refractivity contribution in [1.82, 2.24) is 9.88 Å². The molecule has 19 heavy (non-hydrogen) atoms. The van der Waals surface area contributed by atoms with Crippen molar-refractivity contribution in [2.75, 3.05) is 37.3 Å². The summed E-state index contributed by atoms with van der Waals surface area (Å²) in [4.78, 5) is 18.4. The van der Waals surface area contributed by atoms with Crippen LogP contribution < -0.4 is 10.6 Å². The van der Waals surface area contributed by atoms with E-state index in [1.807, 2.05) is 20.0 Å². The van der Waals surface area contributed by atoms with Gasteiger partial charge in [-0.1, -0.05) is 6.92 Å². The minimum absolute atomic E-state index is 0.0295. The molecule has 2 N–H and O–H groups in total. The molecule has 0 aliphatic carbocycles. The molecule has 5 nitrogen and oxygen atoms in total. The zero-order valence-electron chi connectivity index (χ0n) is 11.9. The van der Waals surface area contributed by atoms with Gasteiger partial charge in [0.2, 0.25) is 5.91 Å². The number of aryl methyl sites for hydroxylation is 1. The Bertz CT molecular complexity index is 461. The van der Waals surface area contributed by atoms with Gasteiger partial charge in [-0.15, -0.1) is 0 Å². The van der Waals surface area contributed by atoms with Crippen LogP contribution in [0.3, 0.4) is 0 Å². The van der Waals surface area contributed by atoms with Crippen LogP contribution in [-0.2, 0) is 4.79 Å². The lowest BCUT2D eigenvalue weighted by atomic mass is 10.2. The Hall–Kier alpha value is -1.62. The number of anilines is 2. The molecule has 1 aromatic rings. The average molecular weight is 262 g/mol. The van der Waals surface area contributed by atoms with Crippen LogP contribution in [0.25, 0.3) is 0 Å². The van der Waals surface area contributed by atoms with Gasteiger partial charge in [-0.2, -0.15) is 0 Å². The molecule has 1 aliphatic heterocycles. The van der Waals surface area contributed by atoms with Crippen molar-refractivity contribution in [3.05, 3.63) is 18.0 Å². The maximum absolute atomic E-state index is 12.0. The van der Waals surface area contributed by atoms with E-state index in [4.69, 9.17) is 0 Å². The Kier molecular flexibility index (Phi) is 4.37. The minimum Gasteiger partial charge on any atom is -0.387 e. The Balaban J connectivity index is 1.91. The minimum atomic E-state index is 0.0295. The fraction of sp³-hybridized carbons (Fsp3) is 0.571. The van der Waals surface area contributed by atoms with Crippen LogP contribution in [0.5, 0.6) is 0 Å². The smallest absolute Gasteiger partial charge is 0.238 e. The third-order valence-corrected chi connectivity index (χ3v) is 3.52. The van der Waals surface area contributed by atoms with E-state index in [9.17, 15) is 4.79 Å². The van der Waals surface area contributed by atoms with Crippen LogP contribution in [-0.4, -0.2) is 42.5 Å². The molecule has 1 amide bonds. The molecule has 2 rings (SSSR count). The normalized spacial score (nSPS) is 19.4. The first-order valence-electron chi connectivity index (χ1n) is 6.75. The van der Waals surface area contributed by atoms with Gasteiger partial charge in [-0.25, -0.2) is 0 Å². The molecule has 0 radical (unpaired) electrons. The van der Waals surface area contributed by atoms with E-state index in [2.05, 4.69) is 27.4 Å². The summed E-state index contributed by atoms with van der Waals surface area (Å²) in [6, 6.07) is 1.91. The number of carbonyl (C=O) groups is 1. The van der Waals surface area contributed by atoms with E-state index in [0.717, 1.165) is 30.2 Å². The van der Waals surface area contributed by atoms with Crippen molar-refractivity contribution in [2.24, 2.45) is 5.92 Å². The summed E-state index contributed by atoms with van der Waals surface area (Å²) in [5.41, 5.74) is 2.61. The Morgan fingerprint density at radius 2 is 2.37 bits per heavy atom. The van der Waals surface area contributed by atoms with Gasteiger partial charge < -0.3 is 10.6 Å². The molecule has 0 spiro atoms. The van der Waals surface area contributed by atoms with Crippen molar-refractivity contribution in [3.8, 4) is 0 Å². The molecule has 2 heterocycles. The standard InChI is InChI=1S/C14H22N4O/c1-10-4-5-18(8-10)9-14(19)17-12-6-13(15-3)11(2)16-7-12/h6-7,10,15H,4-5,8-9H2,1-3H3,(H,17,19). The first kappa shape index (κ1) is 13.8. The molecule has 0 saturated carbocycles. The first-order valence-corrected chi connectivity index (χ1v) is 6.75. The SMILES string of the molecule is CNc1cc(NC(=O)CN2CCC(C)C2)cnc1C. The maximum Gasteiger partial charge on any atom is 0.238 e. The highest BCUT2D eigenvalue weighted by Gasteiger charge is 2.20. The summed E-state index contributed by atoms with van der Waals surface area (Å²) in [7, 11) is 1.85. The average Bonchev–Trinajstić information content (AvgIpc) is 2.77. The molecule has 1 atom stereocenters. The number of nitrogens with one attached hydrogen (secondary N) is 2. The topological polar surface area (TPSA) is 57.3 Å². The lowest BCUT2D eigenvalue weighted by Crippen LogP contribution is -2.31. The molecule has 1 aliphatic rings. The maximum atomic E-state index is 12.0. The van der Waals surface area contributed by atoms with Crippen LogP contribution in [0.4, 0.5) is 11.4 Å². The van der Waals surface area contributed by atoms with E-state index >= 15 is 0 Å². The van der Waals surface area contributed by atoms with Crippen molar-refractivity contribution >= 4 is 17.3 Å². The predicted molar refractivity (Wildman–Crippen MR) is 77.4 cm³/mol. The third kappa shape index (κ3) is 3.67. The molecule has 1 aromatic heterocycles. The van der Waals surface area contributed by atoms with Crippen LogP contribution in [0.2, 0.25) is 0 Å². The van der Waals surface area contributed by atoms with Gasteiger partial charge in [0, 0.05) is 13.6 Å². The fourth-order valence-electron chi connectivity index (χ4n) is 2.43. The van der Waals surface area contributed by atoms with Crippen molar-refractivity contribution in [3.63, 3.8) is 0 Å². The van der Waals surface area contributed by atoms with Crippen molar-refractivity contribution in [2.45, 2.75) is 20.3 Å². The summed E-state index contributed by atoms with van der Waals surface area (Å²) in [6.45, 7) is 6.65. The molecular formula is C14H22N4O. The fourth-order valence-corrected chi connectivity index (χ4v) is 2.43. The molecule has 1 unspecified atom stereocenters. The van der Waals surface area contributed by atoms with Crippen LogP contribution in [0.1, 0.15) is 19.0 Å². The largest absolute Gasteiger partial charge is 0.387 e. The highest BCUT2D eigenvalue weighted by molar-refractivity contribution is 5.92. The molecular weight excluding hydrogens is 240 g/mol. The predicted octanol–water partition coefficient (Wildman–Crippen LogP) is 1.71. The molecule has 0 aromatic carbocycles. The number of amides is 1. The zero-order valence-corrected chi connectivity index (χ0v) is 11.9. The molecule has 104 valence electrons. The van der Waals surface area contributed by atoms with E-state index in [0.29, 0.717) is 12.5 Å². The lowest BCUT2D eigenvalue weighted by molar-refractivity contribution is -0.117. The molecule has 5 heteroatoms. The first-order chi connectivity index (χ1) is 9.08. The third-order valence-electron chi connectivity index (χ3n) is 3.52. The van der Waals surface area contributed by atoms with Crippen LogP contribution >= 0.6 is 0 Å². The van der Waals surface area contributed by atoms with Crippen molar-refractivity contribution < 1.29 is 4.79 Å². The number of hydrogen-bond acceptors (Lipinski definition) is 4. The summed E-state index contributed by atoms with van der Waals surface area (Å²) in [5, 5.41) is 5.97. The zero-order chi connectivity index (χ0) is 13.8. The second-order valence-corrected chi connectivity index (χ2v) is 5.28. The second-order valence-electron chi connectivity index (χ2n) is 5.28. The highest BCUT2D eigenvalue weighted by atomic mass is 16.2. The van der Waals surface area contributed by atoms with Gasteiger partial charge in [-0.3, -0.25) is 14.7 Å². The number of carbonyl (C=O) groups excluding carboxylic acids is 1. The number of pyridine rings is 1. The number of hydrogen-bond donors (Lipinski definition) is 2. The van der Waals surface area contributed by atoms with Crippen LogP contribution in [0.15, 0.2) is 12.3 Å².